The zero-order chi connectivity index (χ0) is 10.1. The van der Waals surface area contributed by atoms with Crippen molar-refractivity contribution in [3.63, 3.8) is 0 Å². The van der Waals surface area contributed by atoms with E-state index in [1.165, 1.54) is 0 Å². The van der Waals surface area contributed by atoms with E-state index in [2.05, 4.69) is 10.3 Å². The van der Waals surface area contributed by atoms with Crippen LogP contribution >= 0.6 is 0 Å². The minimum Gasteiger partial charge on any atom is -0.338 e. The highest BCUT2D eigenvalue weighted by Gasteiger charge is 2.31. The zero-order valence-corrected chi connectivity index (χ0v) is 7.86. The van der Waals surface area contributed by atoms with E-state index in [-0.39, 0.29) is 24.2 Å². The van der Waals surface area contributed by atoms with Crippen molar-refractivity contribution in [3.8, 4) is 0 Å². The Kier molecular flexibility index (Phi) is 2.07. The third kappa shape index (κ3) is 1.53. The number of aryl methyl sites for hydroxylation is 1. The monoisotopic (exact) mass is 193 g/mol. The van der Waals surface area contributed by atoms with Gasteiger partial charge in [0.2, 0.25) is 11.8 Å². The summed E-state index contributed by atoms with van der Waals surface area (Å²) in [6.07, 6.45) is 4.32. The van der Waals surface area contributed by atoms with E-state index in [9.17, 15) is 9.59 Å². The molecule has 0 spiro atoms. The van der Waals surface area contributed by atoms with Gasteiger partial charge in [-0.1, -0.05) is 0 Å². The second-order valence-electron chi connectivity index (χ2n) is 3.47. The van der Waals surface area contributed by atoms with Crippen molar-refractivity contribution in [2.45, 2.75) is 12.8 Å². The van der Waals surface area contributed by atoms with Crippen LogP contribution in [0.5, 0.6) is 0 Å². The van der Waals surface area contributed by atoms with Gasteiger partial charge in [-0.25, -0.2) is 4.98 Å². The number of hydrogen-bond acceptors (Lipinski definition) is 3. The fraction of sp³-hybridized carbons (Fsp3) is 0.444. The highest BCUT2D eigenvalue weighted by Crippen LogP contribution is 2.15. The van der Waals surface area contributed by atoms with Gasteiger partial charge in [0.1, 0.15) is 5.82 Å². The molecule has 2 heterocycles. The van der Waals surface area contributed by atoms with Crippen molar-refractivity contribution in [3.05, 3.63) is 18.2 Å². The molecule has 0 aromatic carbocycles. The summed E-state index contributed by atoms with van der Waals surface area (Å²) in [6.45, 7) is 0. The molecule has 2 rings (SSSR count). The molecule has 74 valence electrons. The van der Waals surface area contributed by atoms with E-state index in [0.717, 1.165) is 5.82 Å². The molecule has 1 aromatic heterocycles. The largest absolute Gasteiger partial charge is 0.338 e. The van der Waals surface area contributed by atoms with Gasteiger partial charge in [-0.15, -0.1) is 0 Å². The summed E-state index contributed by atoms with van der Waals surface area (Å²) in [7, 11) is 1.87. The number of hydrogen-bond donors (Lipinski definition) is 1. The molecule has 0 bridgehead atoms. The Bertz CT molecular complexity index is 383. The van der Waals surface area contributed by atoms with Gasteiger partial charge < -0.3 is 4.57 Å². The number of nitrogens with one attached hydrogen (secondary N) is 1. The predicted octanol–water partition coefficient (Wildman–Crippen LogP) is -0.375. The quantitative estimate of drug-likeness (QED) is 0.651. The first-order valence-corrected chi connectivity index (χ1v) is 4.46. The van der Waals surface area contributed by atoms with Crippen LogP contribution in [0.3, 0.4) is 0 Å². The third-order valence-electron chi connectivity index (χ3n) is 2.42. The van der Waals surface area contributed by atoms with Gasteiger partial charge in [-0.3, -0.25) is 14.9 Å². The molecule has 1 N–H and O–H groups in total. The maximum absolute atomic E-state index is 11.3. The molecule has 1 unspecified atom stereocenters. The lowest BCUT2D eigenvalue weighted by atomic mass is 10.0. The molecule has 5 heteroatoms. The van der Waals surface area contributed by atoms with Crippen molar-refractivity contribution in [2.24, 2.45) is 13.0 Å². The van der Waals surface area contributed by atoms with Gasteiger partial charge in [0, 0.05) is 32.3 Å². The van der Waals surface area contributed by atoms with E-state index in [4.69, 9.17) is 0 Å². The van der Waals surface area contributed by atoms with E-state index in [1.54, 1.807) is 6.20 Å². The van der Waals surface area contributed by atoms with E-state index < -0.39 is 0 Å². The van der Waals surface area contributed by atoms with Crippen LogP contribution in [0.4, 0.5) is 0 Å². The number of imide groups is 1. The Hall–Kier alpha value is -1.65. The first-order valence-electron chi connectivity index (χ1n) is 4.46. The number of carbonyl (C=O) groups excluding carboxylic acids is 2. The molecule has 14 heavy (non-hydrogen) atoms. The zero-order valence-electron chi connectivity index (χ0n) is 7.86. The molecule has 1 aromatic rings. The molecule has 1 atom stereocenters. The number of rotatable bonds is 2. The minimum absolute atomic E-state index is 0.182. The van der Waals surface area contributed by atoms with Crippen molar-refractivity contribution in [1.29, 1.82) is 0 Å². The minimum atomic E-state index is -0.247. The Morgan fingerprint density at radius 2 is 2.43 bits per heavy atom. The van der Waals surface area contributed by atoms with Crippen LogP contribution in [0.15, 0.2) is 12.4 Å². The summed E-state index contributed by atoms with van der Waals surface area (Å²) in [5.41, 5.74) is 0. The van der Waals surface area contributed by atoms with Crippen molar-refractivity contribution in [1.82, 2.24) is 14.9 Å². The predicted molar refractivity (Wildman–Crippen MR) is 48.2 cm³/mol. The van der Waals surface area contributed by atoms with Gasteiger partial charge in [-0.05, 0) is 0 Å². The number of aromatic nitrogens is 2. The summed E-state index contributed by atoms with van der Waals surface area (Å²) in [6, 6.07) is 0. The Labute approximate surface area is 81.1 Å². The van der Waals surface area contributed by atoms with Gasteiger partial charge in [0.15, 0.2) is 0 Å². The second kappa shape index (κ2) is 3.25. The van der Waals surface area contributed by atoms with Crippen LogP contribution in [0.25, 0.3) is 0 Å². The number of nitrogens with zero attached hydrogens (tertiary/aromatic N) is 2. The summed E-state index contributed by atoms with van der Waals surface area (Å²) < 4.78 is 1.86. The molecular weight excluding hydrogens is 182 g/mol. The highest BCUT2D eigenvalue weighted by molar-refractivity contribution is 6.03. The Morgan fingerprint density at radius 3 is 2.93 bits per heavy atom. The second-order valence-corrected chi connectivity index (χ2v) is 3.47. The fourth-order valence-corrected chi connectivity index (χ4v) is 1.59. The summed E-state index contributed by atoms with van der Waals surface area (Å²) in [4.78, 5) is 26.3. The Morgan fingerprint density at radius 1 is 1.64 bits per heavy atom. The third-order valence-corrected chi connectivity index (χ3v) is 2.42. The van der Waals surface area contributed by atoms with E-state index in [1.807, 2.05) is 17.8 Å². The SMILES string of the molecule is Cn1ccnc1CC1CC(=O)NC1=O. The number of amides is 2. The standard InChI is InChI=1S/C9H11N3O2/c1-12-3-2-10-7(12)4-6-5-8(13)11-9(6)14/h2-3,6H,4-5H2,1H3,(H,11,13,14). The normalized spacial score (nSPS) is 21.4. The van der Waals surface area contributed by atoms with Gasteiger partial charge >= 0.3 is 0 Å². The molecule has 1 aliphatic heterocycles. The molecule has 0 aliphatic carbocycles. The van der Waals surface area contributed by atoms with Crippen molar-refractivity contribution >= 4 is 11.8 Å². The maximum Gasteiger partial charge on any atom is 0.230 e. The molecule has 1 saturated heterocycles. The summed E-state index contributed by atoms with van der Waals surface area (Å²) >= 11 is 0. The highest BCUT2D eigenvalue weighted by atomic mass is 16.2. The molecule has 5 nitrogen and oxygen atoms in total. The Balaban J connectivity index is 2.09. The molecule has 1 aliphatic rings. The summed E-state index contributed by atoms with van der Waals surface area (Å²) in [5, 5.41) is 2.28. The molecule has 0 radical (unpaired) electrons. The van der Waals surface area contributed by atoms with Crippen molar-refractivity contribution < 1.29 is 9.59 Å². The average molecular weight is 193 g/mol. The number of carbonyl (C=O) groups is 2. The summed E-state index contributed by atoms with van der Waals surface area (Å²) in [5.74, 6) is 0.218. The van der Waals surface area contributed by atoms with E-state index >= 15 is 0 Å². The molecule has 1 fully saturated rings. The number of imidazole rings is 1. The topological polar surface area (TPSA) is 64.0 Å². The van der Waals surface area contributed by atoms with Crippen LogP contribution in [0, 0.1) is 5.92 Å². The average Bonchev–Trinajstić information content (AvgIpc) is 2.62. The van der Waals surface area contributed by atoms with Crippen LogP contribution in [0.1, 0.15) is 12.2 Å². The van der Waals surface area contributed by atoms with Gasteiger partial charge in [0.05, 0.1) is 5.92 Å². The molecule has 0 saturated carbocycles. The smallest absolute Gasteiger partial charge is 0.230 e. The van der Waals surface area contributed by atoms with Crippen LogP contribution in [-0.2, 0) is 23.1 Å². The van der Waals surface area contributed by atoms with Gasteiger partial charge in [-0.2, -0.15) is 0 Å². The lowest BCUT2D eigenvalue weighted by Crippen LogP contribution is -2.23. The van der Waals surface area contributed by atoms with Gasteiger partial charge in [0.25, 0.3) is 0 Å². The van der Waals surface area contributed by atoms with Crippen LogP contribution in [0.2, 0.25) is 0 Å². The lowest BCUT2D eigenvalue weighted by Gasteiger charge is -2.04. The molecular formula is C9H11N3O2. The first kappa shape index (κ1) is 8.93. The van der Waals surface area contributed by atoms with Crippen LogP contribution < -0.4 is 5.32 Å². The lowest BCUT2D eigenvalue weighted by molar-refractivity contribution is -0.125. The fourth-order valence-electron chi connectivity index (χ4n) is 1.59. The first-order chi connectivity index (χ1) is 6.66. The molecule has 2 amide bonds. The van der Waals surface area contributed by atoms with Crippen molar-refractivity contribution in [2.75, 3.05) is 0 Å². The van der Waals surface area contributed by atoms with Crippen LogP contribution in [-0.4, -0.2) is 21.4 Å². The van der Waals surface area contributed by atoms with E-state index in [0.29, 0.717) is 6.42 Å². The maximum atomic E-state index is 11.3.